The number of hydrogen-bond acceptors (Lipinski definition) is 5. The van der Waals surface area contributed by atoms with E-state index in [4.69, 9.17) is 4.74 Å². The Kier molecular flexibility index (Phi) is 5.53. The van der Waals surface area contributed by atoms with Crippen molar-refractivity contribution in [2.45, 2.75) is 13.3 Å². The van der Waals surface area contributed by atoms with Gasteiger partial charge in [-0.25, -0.2) is 0 Å². The van der Waals surface area contributed by atoms with E-state index < -0.39 is 0 Å². The van der Waals surface area contributed by atoms with Crippen molar-refractivity contribution in [3.63, 3.8) is 0 Å². The first-order valence-corrected chi connectivity index (χ1v) is 11.1. The van der Waals surface area contributed by atoms with E-state index in [0.717, 1.165) is 66.4 Å². The molecule has 6 nitrogen and oxygen atoms in total. The second-order valence-electron chi connectivity index (χ2n) is 8.59. The molecule has 0 aliphatic carbocycles. The highest BCUT2D eigenvalue weighted by atomic mass is 16.5. The highest BCUT2D eigenvalue weighted by Crippen LogP contribution is 2.39. The van der Waals surface area contributed by atoms with Crippen LogP contribution in [0.25, 0.3) is 11.1 Å². The monoisotopic (exact) mass is 428 g/mol. The van der Waals surface area contributed by atoms with Crippen molar-refractivity contribution in [2.24, 2.45) is 0 Å². The number of hydrogen-bond donors (Lipinski definition) is 1. The minimum Gasteiger partial charge on any atom is -0.491 e. The molecule has 0 saturated carbocycles. The van der Waals surface area contributed by atoms with E-state index >= 15 is 0 Å². The zero-order valence-electron chi connectivity index (χ0n) is 18.6. The summed E-state index contributed by atoms with van der Waals surface area (Å²) in [4.78, 5) is 21.9. The second kappa shape index (κ2) is 8.63. The number of ether oxygens (including phenoxy) is 1. The molecule has 1 N–H and O–H groups in total. The molecule has 2 aliphatic rings. The fourth-order valence-electron chi connectivity index (χ4n) is 4.51. The summed E-state index contributed by atoms with van der Waals surface area (Å²) in [6.45, 7) is 6.69. The molecule has 0 atom stereocenters. The number of amides is 1. The van der Waals surface area contributed by atoms with Crippen molar-refractivity contribution in [3.05, 3.63) is 71.5 Å². The zero-order valence-corrected chi connectivity index (χ0v) is 18.6. The molecule has 32 heavy (non-hydrogen) atoms. The number of piperazine rings is 1. The highest BCUT2D eigenvalue weighted by molar-refractivity contribution is 6.05. The lowest BCUT2D eigenvalue weighted by atomic mass is 9.99. The number of nitrogens with zero attached hydrogens (tertiary/aromatic N) is 3. The smallest absolute Gasteiger partial charge is 0.255 e. The van der Waals surface area contributed by atoms with Gasteiger partial charge in [0.2, 0.25) is 0 Å². The van der Waals surface area contributed by atoms with Gasteiger partial charge in [0, 0.05) is 61.8 Å². The Morgan fingerprint density at radius 3 is 2.56 bits per heavy atom. The zero-order chi connectivity index (χ0) is 22.1. The fraction of sp³-hybridized carbons (Fsp3) is 0.308. The van der Waals surface area contributed by atoms with Gasteiger partial charge < -0.3 is 19.9 Å². The third kappa shape index (κ3) is 4.06. The Balaban J connectivity index is 1.39. The van der Waals surface area contributed by atoms with Gasteiger partial charge in [0.05, 0.1) is 12.3 Å². The molecule has 164 valence electrons. The van der Waals surface area contributed by atoms with Gasteiger partial charge in [-0.15, -0.1) is 0 Å². The number of nitrogens with one attached hydrogen (secondary N) is 1. The first-order valence-electron chi connectivity index (χ1n) is 11.1. The number of fused-ring (bicyclic) bond motifs is 1. The molecule has 1 fully saturated rings. The van der Waals surface area contributed by atoms with E-state index in [2.05, 4.69) is 39.3 Å². The molecule has 3 heterocycles. The normalized spacial score (nSPS) is 15.9. The highest BCUT2D eigenvalue weighted by Gasteiger charge is 2.24. The van der Waals surface area contributed by atoms with Crippen molar-refractivity contribution in [2.75, 3.05) is 50.1 Å². The topological polar surface area (TPSA) is 57.7 Å². The molecule has 0 unspecified atom stereocenters. The predicted molar refractivity (Wildman–Crippen MR) is 128 cm³/mol. The summed E-state index contributed by atoms with van der Waals surface area (Å²) in [6.07, 6.45) is 4.44. The van der Waals surface area contributed by atoms with Crippen LogP contribution in [0, 0.1) is 6.92 Å². The average Bonchev–Trinajstić information content (AvgIpc) is 3.28. The minimum atomic E-state index is -0.0995. The van der Waals surface area contributed by atoms with Gasteiger partial charge in [-0.2, -0.15) is 0 Å². The Hall–Kier alpha value is -3.38. The van der Waals surface area contributed by atoms with Crippen molar-refractivity contribution in [1.82, 2.24) is 9.88 Å². The van der Waals surface area contributed by atoms with Crippen LogP contribution in [0.15, 0.2) is 54.9 Å². The van der Waals surface area contributed by atoms with Gasteiger partial charge >= 0.3 is 0 Å². The molecule has 3 aromatic rings. The lowest BCUT2D eigenvalue weighted by Gasteiger charge is -2.35. The molecular weight excluding hydrogens is 400 g/mol. The Bertz CT molecular complexity index is 1140. The number of aryl methyl sites for hydroxylation is 1. The van der Waals surface area contributed by atoms with E-state index in [1.165, 1.54) is 5.56 Å². The Morgan fingerprint density at radius 2 is 1.81 bits per heavy atom. The summed E-state index contributed by atoms with van der Waals surface area (Å²) < 4.78 is 5.95. The van der Waals surface area contributed by atoms with Gasteiger partial charge in [-0.1, -0.05) is 6.07 Å². The predicted octanol–water partition coefficient (Wildman–Crippen LogP) is 4.00. The first-order chi connectivity index (χ1) is 15.6. The van der Waals surface area contributed by atoms with E-state index in [1.54, 1.807) is 12.4 Å². The van der Waals surface area contributed by atoms with Gasteiger partial charge in [-0.3, -0.25) is 9.78 Å². The molecule has 2 aliphatic heterocycles. The molecule has 0 spiro atoms. The second-order valence-corrected chi connectivity index (χ2v) is 8.59. The molecular formula is C26H28N4O2. The van der Waals surface area contributed by atoms with Gasteiger partial charge in [0.15, 0.2) is 0 Å². The number of benzene rings is 2. The molecule has 1 aromatic heterocycles. The average molecular weight is 429 g/mol. The largest absolute Gasteiger partial charge is 0.491 e. The van der Waals surface area contributed by atoms with E-state index in [1.807, 2.05) is 37.3 Å². The number of likely N-dealkylation sites (N-methyl/N-ethyl adjacent to an activating group) is 1. The number of carbonyl (C=O) groups excluding carboxylic acids is 1. The number of anilines is 2. The quantitative estimate of drug-likeness (QED) is 0.681. The van der Waals surface area contributed by atoms with Crippen molar-refractivity contribution in [3.8, 4) is 16.9 Å². The number of aromatic nitrogens is 1. The molecule has 2 aromatic carbocycles. The molecule has 1 saturated heterocycles. The number of carbonyl (C=O) groups is 1. The van der Waals surface area contributed by atoms with Gasteiger partial charge in [0.1, 0.15) is 5.75 Å². The Labute approximate surface area is 188 Å². The van der Waals surface area contributed by atoms with Crippen LogP contribution in [-0.2, 0) is 6.42 Å². The summed E-state index contributed by atoms with van der Waals surface area (Å²) in [7, 11) is 2.15. The van der Waals surface area contributed by atoms with E-state index in [-0.39, 0.29) is 5.91 Å². The van der Waals surface area contributed by atoms with Crippen LogP contribution in [0.4, 0.5) is 11.4 Å². The number of rotatable bonds is 4. The maximum absolute atomic E-state index is 13.1. The lowest BCUT2D eigenvalue weighted by Crippen LogP contribution is -2.44. The van der Waals surface area contributed by atoms with Crippen LogP contribution in [0.1, 0.15) is 21.5 Å². The summed E-state index contributed by atoms with van der Waals surface area (Å²) in [5.74, 6) is 0.877. The van der Waals surface area contributed by atoms with E-state index in [0.29, 0.717) is 12.2 Å². The summed E-state index contributed by atoms with van der Waals surface area (Å²) in [5.41, 5.74) is 7.00. The van der Waals surface area contributed by atoms with Crippen LogP contribution in [0.5, 0.6) is 5.75 Å². The SMILES string of the molecule is Cc1cc(C(=O)Nc2cc3c(c(N4CCN(C)CC4)c2)OCC3)ccc1-c1ccncc1. The van der Waals surface area contributed by atoms with E-state index in [9.17, 15) is 4.79 Å². The van der Waals surface area contributed by atoms with Crippen molar-refractivity contribution < 1.29 is 9.53 Å². The standard InChI is InChI=1S/C26H28N4O2/c1-18-15-21(3-4-23(18)19-5-8-27-9-6-19)26(31)28-22-16-20-7-14-32-25(20)24(17-22)30-12-10-29(2)11-13-30/h3-6,8-9,15-17H,7,10-14H2,1-2H3,(H,28,31). The third-order valence-corrected chi connectivity index (χ3v) is 6.35. The van der Waals surface area contributed by atoms with Gasteiger partial charge in [-0.05, 0) is 67.1 Å². The molecule has 0 bridgehead atoms. The van der Waals surface area contributed by atoms with Crippen LogP contribution >= 0.6 is 0 Å². The summed E-state index contributed by atoms with van der Waals surface area (Å²) in [6, 6.07) is 13.9. The number of pyridine rings is 1. The maximum atomic E-state index is 13.1. The summed E-state index contributed by atoms with van der Waals surface area (Å²) >= 11 is 0. The van der Waals surface area contributed by atoms with Crippen LogP contribution in [-0.4, -0.2) is 55.6 Å². The van der Waals surface area contributed by atoms with Crippen LogP contribution in [0.3, 0.4) is 0 Å². The Morgan fingerprint density at radius 1 is 1.03 bits per heavy atom. The maximum Gasteiger partial charge on any atom is 0.255 e. The minimum absolute atomic E-state index is 0.0995. The molecule has 1 amide bonds. The summed E-state index contributed by atoms with van der Waals surface area (Å²) in [5, 5.41) is 3.12. The van der Waals surface area contributed by atoms with Crippen LogP contribution < -0.4 is 15.0 Å². The lowest BCUT2D eigenvalue weighted by molar-refractivity contribution is 0.102. The van der Waals surface area contributed by atoms with Crippen molar-refractivity contribution in [1.29, 1.82) is 0 Å². The van der Waals surface area contributed by atoms with Crippen molar-refractivity contribution >= 4 is 17.3 Å². The van der Waals surface area contributed by atoms with Crippen LogP contribution in [0.2, 0.25) is 0 Å². The third-order valence-electron chi connectivity index (χ3n) is 6.35. The molecule has 5 rings (SSSR count). The molecule has 0 radical (unpaired) electrons. The fourth-order valence-corrected chi connectivity index (χ4v) is 4.51. The van der Waals surface area contributed by atoms with Gasteiger partial charge in [0.25, 0.3) is 5.91 Å². The molecule has 6 heteroatoms. The first kappa shape index (κ1) is 20.5.